The molecule has 7 nitrogen and oxygen atoms in total. The number of hydrogen-bond acceptors (Lipinski definition) is 5. The van der Waals surface area contributed by atoms with Crippen molar-refractivity contribution < 1.29 is 23.0 Å². The van der Waals surface area contributed by atoms with E-state index in [1.165, 1.54) is 10.4 Å². The number of fused-ring (bicyclic) bond motifs is 1. The number of rotatable bonds is 4. The van der Waals surface area contributed by atoms with Crippen LogP contribution < -0.4 is 0 Å². The van der Waals surface area contributed by atoms with Crippen LogP contribution in [0.2, 0.25) is 5.02 Å². The summed E-state index contributed by atoms with van der Waals surface area (Å²) in [4.78, 5) is -0.0857. The first-order valence-electron chi connectivity index (χ1n) is 7.13. The van der Waals surface area contributed by atoms with E-state index >= 15 is 0 Å². The van der Waals surface area contributed by atoms with Gasteiger partial charge in [0.1, 0.15) is 11.9 Å². The monoisotopic (exact) mass is 375 g/mol. The minimum atomic E-state index is -3.83. The third kappa shape index (κ3) is 3.05. The number of sulfonamides is 1. The van der Waals surface area contributed by atoms with Gasteiger partial charge in [-0.15, -0.1) is 0 Å². The van der Waals surface area contributed by atoms with E-state index in [0.717, 1.165) is 12.1 Å². The number of aromatic nitrogens is 2. The molecule has 0 unspecified atom stereocenters. The Balaban J connectivity index is 1.88. The van der Waals surface area contributed by atoms with Gasteiger partial charge in [-0.2, -0.15) is 9.40 Å². The molecular weight excluding hydrogens is 361 g/mol. The van der Waals surface area contributed by atoms with Gasteiger partial charge in [-0.05, 0) is 24.3 Å². The first kappa shape index (κ1) is 17.3. The highest BCUT2D eigenvalue weighted by Crippen LogP contribution is 2.26. The third-order valence-electron chi connectivity index (χ3n) is 3.82. The van der Waals surface area contributed by atoms with Gasteiger partial charge in [-0.1, -0.05) is 11.6 Å². The Labute approximate surface area is 142 Å². The maximum atomic E-state index is 13.2. The molecule has 1 aliphatic heterocycles. The Morgan fingerprint density at radius 3 is 2.75 bits per heavy atom. The van der Waals surface area contributed by atoms with Crippen LogP contribution in [0.3, 0.4) is 0 Å². The van der Waals surface area contributed by atoms with Crippen LogP contribution in [0.4, 0.5) is 4.39 Å². The topological polar surface area (TPSA) is 95.7 Å². The second-order valence-corrected chi connectivity index (χ2v) is 7.74. The van der Waals surface area contributed by atoms with Crippen molar-refractivity contribution in [2.75, 3.05) is 13.2 Å². The van der Waals surface area contributed by atoms with E-state index in [9.17, 15) is 17.9 Å². The molecular formula is C14H15ClFN3O4S. The van der Waals surface area contributed by atoms with Crippen molar-refractivity contribution in [3.05, 3.63) is 46.5 Å². The first-order chi connectivity index (χ1) is 11.3. The number of aliphatic hydroxyl groups is 2. The maximum Gasteiger partial charge on any atom is 0.243 e. The molecule has 0 aliphatic carbocycles. The zero-order valence-electron chi connectivity index (χ0n) is 12.4. The fourth-order valence-corrected chi connectivity index (χ4v) is 4.19. The Kier molecular flexibility index (Phi) is 4.63. The minimum Gasteiger partial charge on any atom is -0.393 e. The second-order valence-electron chi connectivity index (χ2n) is 5.40. The van der Waals surface area contributed by atoms with Crippen LogP contribution in [-0.4, -0.2) is 45.9 Å². The molecule has 2 N–H and O–H groups in total. The molecule has 0 bridgehead atoms. The Bertz CT molecular complexity index is 871. The average molecular weight is 376 g/mol. The van der Waals surface area contributed by atoms with E-state index in [0.29, 0.717) is 12.2 Å². The SMILES string of the molecule is O=S(=O)(c1ccc(F)c(Cl)c1)N1CCn2nc([C@@H](O)CO)cc2C1. The lowest BCUT2D eigenvalue weighted by Crippen LogP contribution is -2.38. The van der Waals surface area contributed by atoms with Crippen molar-refractivity contribution in [3.8, 4) is 0 Å². The molecule has 0 radical (unpaired) electrons. The molecule has 1 aromatic heterocycles. The Morgan fingerprint density at radius 2 is 2.08 bits per heavy atom. The Morgan fingerprint density at radius 1 is 1.33 bits per heavy atom. The zero-order valence-corrected chi connectivity index (χ0v) is 14.0. The quantitative estimate of drug-likeness (QED) is 0.828. The van der Waals surface area contributed by atoms with Crippen LogP contribution >= 0.6 is 11.6 Å². The second kappa shape index (κ2) is 6.41. The number of hydrogen-bond donors (Lipinski definition) is 2. The molecule has 0 amide bonds. The molecule has 2 heterocycles. The van der Waals surface area contributed by atoms with E-state index in [2.05, 4.69) is 5.10 Å². The molecule has 24 heavy (non-hydrogen) atoms. The predicted molar refractivity (Wildman–Crippen MR) is 83.3 cm³/mol. The van der Waals surface area contributed by atoms with Crippen molar-refractivity contribution in [1.82, 2.24) is 14.1 Å². The highest BCUT2D eigenvalue weighted by Gasteiger charge is 2.30. The molecule has 2 aromatic rings. The van der Waals surface area contributed by atoms with Gasteiger partial charge in [0.15, 0.2) is 0 Å². The lowest BCUT2D eigenvalue weighted by Gasteiger charge is -2.27. The largest absolute Gasteiger partial charge is 0.393 e. The fourth-order valence-electron chi connectivity index (χ4n) is 2.51. The summed E-state index contributed by atoms with van der Waals surface area (Å²) < 4.78 is 41.4. The Hall–Kier alpha value is -1.52. The molecule has 0 fully saturated rings. The molecule has 0 spiro atoms. The maximum absolute atomic E-state index is 13.2. The van der Waals surface area contributed by atoms with Crippen molar-refractivity contribution in [2.24, 2.45) is 0 Å². The number of halogens is 2. The molecule has 3 rings (SSSR count). The third-order valence-corrected chi connectivity index (χ3v) is 5.96. The van der Waals surface area contributed by atoms with Crippen LogP contribution in [0.1, 0.15) is 17.5 Å². The lowest BCUT2D eigenvalue weighted by molar-refractivity contribution is 0.0916. The highest BCUT2D eigenvalue weighted by atomic mass is 35.5. The van der Waals surface area contributed by atoms with Crippen molar-refractivity contribution in [3.63, 3.8) is 0 Å². The molecule has 130 valence electrons. The molecule has 0 saturated carbocycles. The summed E-state index contributed by atoms with van der Waals surface area (Å²) in [6, 6.07) is 4.82. The molecule has 10 heteroatoms. The van der Waals surface area contributed by atoms with E-state index in [1.807, 2.05) is 0 Å². The smallest absolute Gasteiger partial charge is 0.243 e. The average Bonchev–Trinajstić information content (AvgIpc) is 2.99. The van der Waals surface area contributed by atoms with Crippen molar-refractivity contribution in [1.29, 1.82) is 0 Å². The standard InChI is InChI=1S/C14H15ClFN3O4S/c15-11-6-10(1-2-12(11)16)24(22,23)18-3-4-19-9(7-18)5-13(17-19)14(21)8-20/h1-2,5-6,14,20-21H,3-4,7-8H2/t14-/m0/s1. The number of benzene rings is 1. The summed E-state index contributed by atoms with van der Waals surface area (Å²) in [7, 11) is -3.83. The summed E-state index contributed by atoms with van der Waals surface area (Å²) in [6.07, 6.45) is -1.11. The van der Waals surface area contributed by atoms with E-state index in [4.69, 9.17) is 16.7 Å². The summed E-state index contributed by atoms with van der Waals surface area (Å²) >= 11 is 5.67. The van der Waals surface area contributed by atoms with Gasteiger partial charge in [0, 0.05) is 6.54 Å². The molecule has 0 saturated heterocycles. The van der Waals surface area contributed by atoms with Gasteiger partial charge in [-0.3, -0.25) is 4.68 Å². The van der Waals surface area contributed by atoms with Gasteiger partial charge in [-0.25, -0.2) is 12.8 Å². The summed E-state index contributed by atoms with van der Waals surface area (Å²) in [5, 5.41) is 22.5. The number of aliphatic hydroxyl groups excluding tert-OH is 2. The first-order valence-corrected chi connectivity index (χ1v) is 8.95. The van der Waals surface area contributed by atoms with Gasteiger partial charge < -0.3 is 10.2 Å². The van der Waals surface area contributed by atoms with Crippen molar-refractivity contribution >= 4 is 21.6 Å². The summed E-state index contributed by atoms with van der Waals surface area (Å²) in [5.74, 6) is -0.685. The van der Waals surface area contributed by atoms with E-state index in [-0.39, 0.29) is 28.7 Å². The molecule has 1 aromatic carbocycles. The highest BCUT2D eigenvalue weighted by molar-refractivity contribution is 7.89. The summed E-state index contributed by atoms with van der Waals surface area (Å²) in [6.45, 7) is 0.0807. The van der Waals surface area contributed by atoms with Gasteiger partial charge in [0.25, 0.3) is 0 Å². The molecule has 1 aliphatic rings. The zero-order chi connectivity index (χ0) is 17.5. The lowest BCUT2D eigenvalue weighted by atomic mass is 10.2. The van der Waals surface area contributed by atoms with E-state index < -0.39 is 28.6 Å². The summed E-state index contributed by atoms with van der Waals surface area (Å²) in [5.41, 5.74) is 0.886. The van der Waals surface area contributed by atoms with Crippen molar-refractivity contribution in [2.45, 2.75) is 24.1 Å². The fraction of sp³-hybridized carbons (Fsp3) is 0.357. The van der Waals surface area contributed by atoms with Gasteiger partial charge in [0.2, 0.25) is 10.0 Å². The van der Waals surface area contributed by atoms with Crippen LogP contribution in [-0.2, 0) is 23.1 Å². The van der Waals surface area contributed by atoms with Gasteiger partial charge >= 0.3 is 0 Å². The molecule has 1 atom stereocenters. The normalized spacial score (nSPS) is 16.8. The van der Waals surface area contributed by atoms with E-state index in [1.54, 1.807) is 10.7 Å². The van der Waals surface area contributed by atoms with Crippen LogP contribution in [0.5, 0.6) is 0 Å². The number of nitrogens with zero attached hydrogens (tertiary/aromatic N) is 3. The van der Waals surface area contributed by atoms with Crippen LogP contribution in [0, 0.1) is 5.82 Å². The van der Waals surface area contributed by atoms with Crippen LogP contribution in [0.25, 0.3) is 0 Å². The minimum absolute atomic E-state index is 0.0580. The van der Waals surface area contributed by atoms with Gasteiger partial charge in [0.05, 0.1) is 41.0 Å². The van der Waals surface area contributed by atoms with Crippen LogP contribution in [0.15, 0.2) is 29.2 Å². The predicted octanol–water partition coefficient (Wildman–Crippen LogP) is 0.906.